The van der Waals surface area contributed by atoms with Crippen molar-refractivity contribution in [3.63, 3.8) is 0 Å². The van der Waals surface area contributed by atoms with Crippen LogP contribution in [0.1, 0.15) is 233 Å². The van der Waals surface area contributed by atoms with E-state index >= 15 is 0 Å². The van der Waals surface area contributed by atoms with Crippen LogP contribution in [0.2, 0.25) is 0 Å². The van der Waals surface area contributed by atoms with Gasteiger partial charge in [-0.3, -0.25) is 9.59 Å². The second kappa shape index (κ2) is 41.8. The van der Waals surface area contributed by atoms with E-state index in [0.29, 0.717) is 26.0 Å². The first-order valence-electron chi connectivity index (χ1n) is 23.9. The van der Waals surface area contributed by atoms with E-state index < -0.39 is 0 Å². The minimum atomic E-state index is -0.0577. The highest BCUT2D eigenvalue weighted by atomic mass is 16.5. The number of nitrogens with zero attached hydrogens (tertiary/aromatic N) is 2. The lowest BCUT2D eigenvalue weighted by molar-refractivity contribution is -0.150. The molecular formula is C47H93N3O5. The Balaban J connectivity index is 4.35. The van der Waals surface area contributed by atoms with Crippen LogP contribution in [0.3, 0.4) is 0 Å². The smallest absolute Gasteiger partial charge is 0.317 e. The number of ether oxygens (including phenoxy) is 2. The van der Waals surface area contributed by atoms with Gasteiger partial charge in [-0.2, -0.15) is 0 Å². The summed E-state index contributed by atoms with van der Waals surface area (Å²) in [6.45, 7) is 10.3. The van der Waals surface area contributed by atoms with Gasteiger partial charge >= 0.3 is 18.0 Å². The second-order valence-corrected chi connectivity index (χ2v) is 16.6. The number of hydrogen-bond donors (Lipinski definition) is 1. The van der Waals surface area contributed by atoms with Gasteiger partial charge in [0.15, 0.2) is 0 Å². The van der Waals surface area contributed by atoms with Crippen LogP contribution in [0.4, 0.5) is 4.79 Å². The molecule has 326 valence electrons. The standard InChI is InChI=1S/C47H93N3O5/c1-6-9-12-15-18-27-34-43-54-45(51)37-30-23-19-25-32-40-50(47(53)48-39-42-49(4)5)41-33-26-20-24-31-38-46(52)55-44(35-28-21-16-13-10-7-2)36-29-22-17-14-11-8-3/h44H,6-43H2,1-5H3,(H,48,53). The number of carbonyl (C=O) groups excluding carboxylic acids is 3. The van der Waals surface area contributed by atoms with E-state index in [1.807, 2.05) is 19.0 Å². The van der Waals surface area contributed by atoms with Crippen LogP contribution < -0.4 is 5.32 Å². The van der Waals surface area contributed by atoms with Crippen molar-refractivity contribution in [2.75, 3.05) is 46.9 Å². The maximum atomic E-state index is 13.0. The average Bonchev–Trinajstić information content (AvgIpc) is 3.16. The fraction of sp³-hybridized carbons (Fsp3) is 0.936. The first-order chi connectivity index (χ1) is 26.8. The van der Waals surface area contributed by atoms with Crippen LogP contribution in [-0.4, -0.2) is 80.8 Å². The van der Waals surface area contributed by atoms with Crippen molar-refractivity contribution >= 4 is 18.0 Å². The topological polar surface area (TPSA) is 88.2 Å². The van der Waals surface area contributed by atoms with Crippen LogP contribution in [-0.2, 0) is 19.1 Å². The lowest BCUT2D eigenvalue weighted by Crippen LogP contribution is -2.43. The molecule has 0 saturated heterocycles. The summed E-state index contributed by atoms with van der Waals surface area (Å²) in [4.78, 5) is 42.0. The number of rotatable bonds is 42. The number of carbonyl (C=O) groups is 3. The van der Waals surface area contributed by atoms with Crippen molar-refractivity contribution in [2.45, 2.75) is 239 Å². The molecule has 0 spiro atoms. The Labute approximate surface area is 341 Å². The second-order valence-electron chi connectivity index (χ2n) is 16.6. The first-order valence-corrected chi connectivity index (χ1v) is 23.9. The average molecular weight is 780 g/mol. The highest BCUT2D eigenvalue weighted by Gasteiger charge is 2.15. The van der Waals surface area contributed by atoms with Crippen LogP contribution in [0, 0.1) is 0 Å². The zero-order valence-corrected chi connectivity index (χ0v) is 37.4. The maximum Gasteiger partial charge on any atom is 0.317 e. The Kier molecular flexibility index (Phi) is 40.4. The summed E-state index contributed by atoms with van der Waals surface area (Å²) in [6, 6.07) is 0.0322. The molecule has 0 aliphatic heterocycles. The predicted molar refractivity (Wildman–Crippen MR) is 234 cm³/mol. The molecule has 0 saturated carbocycles. The normalized spacial score (nSPS) is 11.4. The lowest BCUT2D eigenvalue weighted by atomic mass is 10.0. The molecule has 0 unspecified atom stereocenters. The fourth-order valence-electron chi connectivity index (χ4n) is 7.15. The number of esters is 2. The third-order valence-electron chi connectivity index (χ3n) is 10.8. The van der Waals surface area contributed by atoms with Crippen LogP contribution in [0.5, 0.6) is 0 Å². The van der Waals surface area contributed by atoms with E-state index in [1.165, 1.54) is 109 Å². The number of amides is 2. The molecule has 0 aliphatic carbocycles. The molecule has 0 rings (SSSR count). The Morgan fingerprint density at radius 1 is 0.473 bits per heavy atom. The summed E-state index contributed by atoms with van der Waals surface area (Å²) in [7, 11) is 4.04. The van der Waals surface area contributed by atoms with E-state index in [-0.39, 0.29) is 24.1 Å². The minimum absolute atomic E-state index is 0.0127. The van der Waals surface area contributed by atoms with Gasteiger partial charge < -0.3 is 24.6 Å². The highest BCUT2D eigenvalue weighted by molar-refractivity contribution is 5.74. The van der Waals surface area contributed by atoms with Gasteiger partial charge in [-0.15, -0.1) is 0 Å². The van der Waals surface area contributed by atoms with Gasteiger partial charge in [-0.05, 0) is 71.9 Å². The molecule has 0 fully saturated rings. The Hall–Kier alpha value is -1.83. The quantitative estimate of drug-likeness (QED) is 0.0490. The summed E-state index contributed by atoms with van der Waals surface area (Å²) < 4.78 is 11.5. The molecule has 55 heavy (non-hydrogen) atoms. The van der Waals surface area contributed by atoms with E-state index in [2.05, 4.69) is 31.0 Å². The molecule has 8 nitrogen and oxygen atoms in total. The Morgan fingerprint density at radius 3 is 1.35 bits per heavy atom. The van der Waals surface area contributed by atoms with Crippen molar-refractivity contribution < 1.29 is 23.9 Å². The highest BCUT2D eigenvalue weighted by Crippen LogP contribution is 2.18. The van der Waals surface area contributed by atoms with E-state index in [0.717, 1.165) is 110 Å². The third kappa shape index (κ3) is 38.8. The summed E-state index contributed by atoms with van der Waals surface area (Å²) >= 11 is 0. The third-order valence-corrected chi connectivity index (χ3v) is 10.8. The minimum Gasteiger partial charge on any atom is -0.466 e. The van der Waals surface area contributed by atoms with Gasteiger partial charge in [-0.1, -0.05) is 162 Å². The van der Waals surface area contributed by atoms with Crippen molar-refractivity contribution in [3.05, 3.63) is 0 Å². The van der Waals surface area contributed by atoms with Crippen LogP contribution in [0.25, 0.3) is 0 Å². The molecule has 0 aliphatic rings. The zero-order valence-electron chi connectivity index (χ0n) is 37.4. The number of nitrogens with one attached hydrogen (secondary N) is 1. The van der Waals surface area contributed by atoms with Gasteiger partial charge in [-0.25, -0.2) is 4.79 Å². The molecule has 0 aromatic carbocycles. The van der Waals surface area contributed by atoms with Gasteiger partial charge in [0.1, 0.15) is 6.10 Å². The van der Waals surface area contributed by atoms with E-state index in [9.17, 15) is 14.4 Å². The maximum absolute atomic E-state index is 13.0. The molecule has 0 atom stereocenters. The number of likely N-dealkylation sites (N-methyl/N-ethyl adjacent to an activating group) is 1. The van der Waals surface area contributed by atoms with Crippen LogP contribution in [0.15, 0.2) is 0 Å². The fourth-order valence-corrected chi connectivity index (χ4v) is 7.15. The Bertz CT molecular complexity index is 838. The van der Waals surface area contributed by atoms with Crippen molar-refractivity contribution in [1.29, 1.82) is 0 Å². The summed E-state index contributed by atoms with van der Waals surface area (Å²) in [5, 5.41) is 3.10. The van der Waals surface area contributed by atoms with Gasteiger partial charge in [0, 0.05) is 39.0 Å². The molecule has 0 heterocycles. The van der Waals surface area contributed by atoms with Gasteiger partial charge in [0.25, 0.3) is 0 Å². The van der Waals surface area contributed by atoms with Crippen molar-refractivity contribution in [2.24, 2.45) is 0 Å². The summed E-state index contributed by atoms with van der Waals surface area (Å²) in [6.07, 6.45) is 37.0. The van der Waals surface area contributed by atoms with Crippen molar-refractivity contribution in [3.8, 4) is 0 Å². The summed E-state index contributed by atoms with van der Waals surface area (Å²) in [5.41, 5.74) is 0. The molecular weight excluding hydrogens is 687 g/mol. The number of unbranched alkanes of at least 4 members (excludes halogenated alkanes) is 24. The molecule has 0 aromatic rings. The predicted octanol–water partition coefficient (Wildman–Crippen LogP) is 12.9. The van der Waals surface area contributed by atoms with Gasteiger partial charge in [0.2, 0.25) is 0 Å². The molecule has 0 radical (unpaired) electrons. The monoisotopic (exact) mass is 780 g/mol. The largest absolute Gasteiger partial charge is 0.466 e. The Morgan fingerprint density at radius 2 is 0.873 bits per heavy atom. The van der Waals surface area contributed by atoms with Crippen molar-refractivity contribution in [1.82, 2.24) is 15.1 Å². The molecule has 8 heteroatoms. The summed E-state index contributed by atoms with van der Waals surface area (Å²) in [5.74, 6) is -0.0704. The van der Waals surface area contributed by atoms with E-state index in [1.54, 1.807) is 0 Å². The molecule has 0 aromatic heterocycles. The van der Waals surface area contributed by atoms with E-state index in [4.69, 9.17) is 9.47 Å². The lowest BCUT2D eigenvalue weighted by Gasteiger charge is -2.24. The number of hydrogen-bond acceptors (Lipinski definition) is 6. The SMILES string of the molecule is CCCCCCCCCOC(=O)CCCCCCCN(CCCCCCCC(=O)OC(CCCCCCCC)CCCCCCCC)C(=O)NCCN(C)C. The molecule has 2 amide bonds. The van der Waals surface area contributed by atoms with Gasteiger partial charge in [0.05, 0.1) is 6.61 Å². The molecule has 1 N–H and O–H groups in total. The zero-order chi connectivity index (χ0) is 40.5. The number of urea groups is 1. The first kappa shape index (κ1) is 53.2. The molecule has 0 bridgehead atoms. The van der Waals surface area contributed by atoms with Crippen LogP contribution >= 0.6 is 0 Å².